The molecule has 1 fully saturated rings. The summed E-state index contributed by atoms with van der Waals surface area (Å²) in [6.45, 7) is 2.70. The van der Waals surface area contributed by atoms with Crippen molar-refractivity contribution in [3.8, 4) is 0 Å². The van der Waals surface area contributed by atoms with Crippen molar-refractivity contribution >= 4 is 17.4 Å². The Hall–Kier alpha value is -0.0800. The summed E-state index contributed by atoms with van der Waals surface area (Å²) in [5.74, 6) is 1.08. The number of carbonyl (C=O) groups is 1. The fourth-order valence-electron chi connectivity index (χ4n) is 1.38. The Morgan fingerprint density at radius 3 is 3.00 bits per heavy atom. The fourth-order valence-corrected chi connectivity index (χ4v) is 1.50. The molecule has 0 radical (unpaired) electrons. The van der Waals surface area contributed by atoms with Crippen LogP contribution in [0.15, 0.2) is 0 Å². The lowest BCUT2D eigenvalue weighted by Gasteiger charge is -2.24. The molecule has 1 aliphatic rings. The van der Waals surface area contributed by atoms with Crippen molar-refractivity contribution in [2.24, 2.45) is 0 Å². The van der Waals surface area contributed by atoms with Gasteiger partial charge in [0.05, 0.1) is 6.54 Å². The first-order valence-corrected chi connectivity index (χ1v) is 4.66. The number of halogens is 1. The molecule has 0 unspecified atom stereocenters. The van der Waals surface area contributed by atoms with Gasteiger partial charge in [-0.25, -0.2) is 0 Å². The van der Waals surface area contributed by atoms with Crippen LogP contribution in [-0.4, -0.2) is 36.2 Å². The van der Waals surface area contributed by atoms with Gasteiger partial charge in [0.2, 0.25) is 0 Å². The Morgan fingerprint density at radius 2 is 2.36 bits per heavy atom. The lowest BCUT2D eigenvalue weighted by atomic mass is 10.1. The molecule has 0 aromatic rings. The number of Topliss-reactive ketones (excluding diaryl/α,β-unsaturated/α-hetero) is 1. The van der Waals surface area contributed by atoms with Crippen molar-refractivity contribution < 1.29 is 4.79 Å². The highest BCUT2D eigenvalue weighted by Crippen LogP contribution is 2.05. The van der Waals surface area contributed by atoms with E-state index in [0.717, 1.165) is 32.4 Å². The number of hydrogen-bond donors (Lipinski definition) is 0. The SMILES string of the molecule is O=C1CCCN(CCCCl)C1. The second kappa shape index (κ2) is 4.73. The Labute approximate surface area is 72.5 Å². The van der Waals surface area contributed by atoms with Crippen LogP contribution in [0.1, 0.15) is 19.3 Å². The van der Waals surface area contributed by atoms with E-state index in [1.807, 2.05) is 0 Å². The van der Waals surface area contributed by atoms with Gasteiger partial charge in [0.1, 0.15) is 5.78 Å². The molecule has 2 nitrogen and oxygen atoms in total. The summed E-state index contributed by atoms with van der Waals surface area (Å²) in [6.07, 6.45) is 2.80. The zero-order chi connectivity index (χ0) is 8.10. The number of alkyl halides is 1. The fraction of sp³-hybridized carbons (Fsp3) is 0.875. The van der Waals surface area contributed by atoms with Crippen LogP contribution in [0.5, 0.6) is 0 Å². The molecular formula is C8H14ClNO. The summed E-state index contributed by atoms with van der Waals surface area (Å²) in [4.78, 5) is 13.2. The van der Waals surface area contributed by atoms with E-state index in [1.165, 1.54) is 0 Å². The van der Waals surface area contributed by atoms with Crippen molar-refractivity contribution in [3.05, 3.63) is 0 Å². The predicted octanol–water partition coefficient (Wildman–Crippen LogP) is 1.28. The van der Waals surface area contributed by atoms with Crippen LogP contribution in [0.2, 0.25) is 0 Å². The van der Waals surface area contributed by atoms with E-state index in [9.17, 15) is 4.79 Å². The third-order valence-corrected chi connectivity index (χ3v) is 2.21. The normalized spacial score (nSPS) is 20.6. The number of piperidine rings is 1. The second-order valence-corrected chi connectivity index (χ2v) is 3.34. The van der Waals surface area contributed by atoms with Gasteiger partial charge in [-0.05, 0) is 25.9 Å². The Kier molecular flexibility index (Phi) is 3.87. The highest BCUT2D eigenvalue weighted by molar-refractivity contribution is 6.17. The molecule has 3 heteroatoms. The minimum Gasteiger partial charge on any atom is -0.298 e. The summed E-state index contributed by atoms with van der Waals surface area (Å²) in [5.41, 5.74) is 0. The van der Waals surface area contributed by atoms with Gasteiger partial charge in [0, 0.05) is 12.3 Å². The molecule has 0 aromatic heterocycles. The molecule has 0 bridgehead atoms. The Morgan fingerprint density at radius 1 is 1.55 bits per heavy atom. The maximum atomic E-state index is 11.0. The summed E-state index contributed by atoms with van der Waals surface area (Å²) in [5, 5.41) is 0. The van der Waals surface area contributed by atoms with Gasteiger partial charge in [-0.2, -0.15) is 0 Å². The van der Waals surface area contributed by atoms with E-state index in [-0.39, 0.29) is 0 Å². The molecular weight excluding hydrogens is 162 g/mol. The topological polar surface area (TPSA) is 20.3 Å². The number of hydrogen-bond acceptors (Lipinski definition) is 2. The molecule has 1 aliphatic heterocycles. The van der Waals surface area contributed by atoms with Gasteiger partial charge in [-0.15, -0.1) is 11.6 Å². The summed E-state index contributed by atoms with van der Waals surface area (Å²) >= 11 is 5.55. The van der Waals surface area contributed by atoms with E-state index < -0.39 is 0 Å². The van der Waals surface area contributed by atoms with Crippen LogP contribution in [0, 0.1) is 0 Å². The quantitative estimate of drug-likeness (QED) is 0.603. The molecule has 11 heavy (non-hydrogen) atoms. The number of rotatable bonds is 3. The van der Waals surface area contributed by atoms with Crippen molar-refractivity contribution in [2.45, 2.75) is 19.3 Å². The molecule has 0 aromatic carbocycles. The van der Waals surface area contributed by atoms with Crippen LogP contribution < -0.4 is 0 Å². The van der Waals surface area contributed by atoms with E-state index >= 15 is 0 Å². The third-order valence-electron chi connectivity index (χ3n) is 1.94. The summed E-state index contributed by atoms with van der Waals surface area (Å²) in [6, 6.07) is 0. The molecule has 0 spiro atoms. The number of likely N-dealkylation sites (tertiary alicyclic amines) is 1. The lowest BCUT2D eigenvalue weighted by molar-refractivity contribution is -0.122. The molecule has 1 saturated heterocycles. The van der Waals surface area contributed by atoms with Gasteiger partial charge in [-0.3, -0.25) is 9.69 Å². The average Bonchev–Trinajstić information content (AvgIpc) is 2.01. The first-order valence-electron chi connectivity index (χ1n) is 4.13. The first kappa shape index (κ1) is 9.01. The van der Waals surface area contributed by atoms with E-state index in [1.54, 1.807) is 0 Å². The zero-order valence-electron chi connectivity index (χ0n) is 6.68. The average molecular weight is 176 g/mol. The van der Waals surface area contributed by atoms with Crippen LogP contribution in [-0.2, 0) is 4.79 Å². The number of ketones is 1. The van der Waals surface area contributed by atoms with E-state index in [2.05, 4.69) is 4.90 Å². The van der Waals surface area contributed by atoms with Crippen LogP contribution in [0.4, 0.5) is 0 Å². The van der Waals surface area contributed by atoms with Crippen molar-refractivity contribution in [2.75, 3.05) is 25.5 Å². The molecule has 0 atom stereocenters. The highest BCUT2D eigenvalue weighted by Gasteiger charge is 2.15. The van der Waals surface area contributed by atoms with Crippen molar-refractivity contribution in [1.29, 1.82) is 0 Å². The van der Waals surface area contributed by atoms with Gasteiger partial charge in [0.15, 0.2) is 0 Å². The maximum absolute atomic E-state index is 11.0. The number of carbonyl (C=O) groups excluding carboxylic acids is 1. The van der Waals surface area contributed by atoms with Gasteiger partial charge >= 0.3 is 0 Å². The molecule has 0 aliphatic carbocycles. The monoisotopic (exact) mass is 175 g/mol. The standard InChI is InChI=1S/C8H14ClNO/c9-4-2-6-10-5-1-3-8(11)7-10/h1-7H2. The molecule has 1 rings (SSSR count). The molecule has 64 valence electrons. The third kappa shape index (κ3) is 3.21. The number of nitrogens with zero attached hydrogens (tertiary/aromatic N) is 1. The van der Waals surface area contributed by atoms with Crippen LogP contribution in [0.3, 0.4) is 0 Å². The molecule has 0 saturated carbocycles. The largest absolute Gasteiger partial charge is 0.298 e. The minimum absolute atomic E-state index is 0.380. The maximum Gasteiger partial charge on any atom is 0.146 e. The minimum atomic E-state index is 0.380. The predicted molar refractivity (Wildman–Crippen MR) is 46.0 cm³/mol. The van der Waals surface area contributed by atoms with E-state index in [4.69, 9.17) is 11.6 Å². The van der Waals surface area contributed by atoms with Crippen molar-refractivity contribution in [3.63, 3.8) is 0 Å². The van der Waals surface area contributed by atoms with Crippen LogP contribution in [0.25, 0.3) is 0 Å². The lowest BCUT2D eigenvalue weighted by Crippen LogP contribution is -2.36. The van der Waals surface area contributed by atoms with Gasteiger partial charge < -0.3 is 0 Å². The first-order chi connectivity index (χ1) is 5.33. The smallest absolute Gasteiger partial charge is 0.146 e. The highest BCUT2D eigenvalue weighted by atomic mass is 35.5. The molecule has 0 amide bonds. The molecule has 1 heterocycles. The Balaban J connectivity index is 2.17. The zero-order valence-corrected chi connectivity index (χ0v) is 7.44. The van der Waals surface area contributed by atoms with E-state index in [0.29, 0.717) is 18.2 Å². The molecule has 0 N–H and O–H groups in total. The van der Waals surface area contributed by atoms with Gasteiger partial charge in [0.25, 0.3) is 0 Å². The summed E-state index contributed by atoms with van der Waals surface area (Å²) in [7, 11) is 0. The summed E-state index contributed by atoms with van der Waals surface area (Å²) < 4.78 is 0. The van der Waals surface area contributed by atoms with Crippen molar-refractivity contribution in [1.82, 2.24) is 4.90 Å². The van der Waals surface area contributed by atoms with Gasteiger partial charge in [-0.1, -0.05) is 0 Å². The second-order valence-electron chi connectivity index (χ2n) is 2.96. The van der Waals surface area contributed by atoms with Crippen LogP contribution >= 0.6 is 11.6 Å². The Bertz CT molecular complexity index is 138.